The average Bonchev–Trinajstić information content (AvgIpc) is 2.47. The van der Waals surface area contributed by atoms with Gasteiger partial charge >= 0.3 is 0 Å². The zero-order valence-corrected chi connectivity index (χ0v) is 12.0. The summed E-state index contributed by atoms with van der Waals surface area (Å²) < 4.78 is 26.0. The van der Waals surface area contributed by atoms with E-state index in [4.69, 9.17) is 5.73 Å². The van der Waals surface area contributed by atoms with Crippen LogP contribution in [0, 0.1) is 11.6 Å². The van der Waals surface area contributed by atoms with Gasteiger partial charge in [0, 0.05) is 16.2 Å². The molecule has 2 atom stereocenters. The Hall–Kier alpha value is -1.39. The summed E-state index contributed by atoms with van der Waals surface area (Å²) in [5, 5.41) is 0.0195. The second-order valence-corrected chi connectivity index (χ2v) is 5.83. The minimum atomic E-state index is -0.260. The van der Waals surface area contributed by atoms with Crippen molar-refractivity contribution < 1.29 is 8.78 Å². The van der Waals surface area contributed by atoms with E-state index in [1.807, 2.05) is 6.92 Å². The Bertz CT molecular complexity index is 539. The fourth-order valence-corrected chi connectivity index (χ4v) is 3.18. The highest BCUT2D eigenvalue weighted by Gasteiger charge is 2.20. The van der Waals surface area contributed by atoms with Gasteiger partial charge < -0.3 is 5.73 Å². The summed E-state index contributed by atoms with van der Waals surface area (Å²) in [7, 11) is 0. The molecule has 2 N–H and O–H groups in total. The highest BCUT2D eigenvalue weighted by atomic mass is 32.2. The number of thioether (sulfide) groups is 1. The maximum Gasteiger partial charge on any atom is 0.123 e. The molecule has 0 heterocycles. The third-order valence-electron chi connectivity index (χ3n) is 3.14. The van der Waals surface area contributed by atoms with E-state index in [2.05, 4.69) is 0 Å². The molecule has 0 spiro atoms. The molecule has 0 aliphatic heterocycles. The first-order valence-electron chi connectivity index (χ1n) is 6.53. The number of hydrogen-bond donors (Lipinski definition) is 1. The van der Waals surface area contributed by atoms with Gasteiger partial charge in [-0.05, 0) is 48.4 Å². The molecule has 2 rings (SSSR count). The van der Waals surface area contributed by atoms with Crippen molar-refractivity contribution in [2.24, 2.45) is 5.73 Å². The summed E-state index contributed by atoms with van der Waals surface area (Å²) in [4.78, 5) is 0.949. The van der Waals surface area contributed by atoms with Gasteiger partial charge in [-0.2, -0.15) is 0 Å². The first kappa shape index (κ1) is 15.0. The normalized spacial score (nSPS) is 14.0. The number of hydrogen-bond acceptors (Lipinski definition) is 2. The van der Waals surface area contributed by atoms with Crippen molar-refractivity contribution in [3.05, 3.63) is 65.7 Å². The number of benzene rings is 2. The molecular weight excluding hydrogens is 276 g/mol. The third-order valence-corrected chi connectivity index (χ3v) is 4.56. The smallest absolute Gasteiger partial charge is 0.123 e. The van der Waals surface area contributed by atoms with Crippen molar-refractivity contribution in [1.82, 2.24) is 0 Å². The standard InChI is InChI=1S/C16H17F2NS/c1-2-15(19)16(11-3-5-12(17)6-4-11)20-14-9-7-13(18)8-10-14/h3-10,15-16H,2,19H2,1H3. The van der Waals surface area contributed by atoms with E-state index in [0.717, 1.165) is 16.9 Å². The molecule has 2 aromatic rings. The molecule has 106 valence electrons. The monoisotopic (exact) mass is 293 g/mol. The van der Waals surface area contributed by atoms with Crippen LogP contribution in [0.3, 0.4) is 0 Å². The van der Waals surface area contributed by atoms with Crippen LogP contribution in [-0.2, 0) is 0 Å². The highest BCUT2D eigenvalue weighted by molar-refractivity contribution is 7.99. The lowest BCUT2D eigenvalue weighted by Gasteiger charge is -2.23. The van der Waals surface area contributed by atoms with Crippen molar-refractivity contribution in [2.45, 2.75) is 29.5 Å². The van der Waals surface area contributed by atoms with Gasteiger partial charge in [0.05, 0.1) is 0 Å². The lowest BCUT2D eigenvalue weighted by molar-refractivity contribution is 0.617. The SMILES string of the molecule is CCC(N)C(Sc1ccc(F)cc1)c1ccc(F)cc1. The van der Waals surface area contributed by atoms with Crippen molar-refractivity contribution in [3.63, 3.8) is 0 Å². The predicted octanol–water partition coefficient (Wildman–Crippen LogP) is 4.54. The number of halogens is 2. The van der Waals surface area contributed by atoms with E-state index in [9.17, 15) is 8.78 Å². The van der Waals surface area contributed by atoms with Gasteiger partial charge in [-0.3, -0.25) is 0 Å². The first-order valence-corrected chi connectivity index (χ1v) is 7.41. The van der Waals surface area contributed by atoms with Crippen LogP contribution in [0.15, 0.2) is 53.4 Å². The number of nitrogens with two attached hydrogens (primary N) is 1. The summed E-state index contributed by atoms with van der Waals surface area (Å²) in [6.45, 7) is 2.02. The summed E-state index contributed by atoms with van der Waals surface area (Å²) in [6.07, 6.45) is 0.816. The van der Waals surface area contributed by atoms with E-state index >= 15 is 0 Å². The second kappa shape index (κ2) is 6.86. The largest absolute Gasteiger partial charge is 0.326 e. The summed E-state index contributed by atoms with van der Waals surface area (Å²) >= 11 is 1.57. The van der Waals surface area contributed by atoms with Crippen LogP contribution in [0.1, 0.15) is 24.2 Å². The Morgan fingerprint density at radius 1 is 0.950 bits per heavy atom. The van der Waals surface area contributed by atoms with Crippen molar-refractivity contribution in [1.29, 1.82) is 0 Å². The fourth-order valence-electron chi connectivity index (χ4n) is 1.93. The molecule has 0 radical (unpaired) electrons. The molecule has 0 saturated heterocycles. The van der Waals surface area contributed by atoms with E-state index < -0.39 is 0 Å². The van der Waals surface area contributed by atoms with Crippen molar-refractivity contribution >= 4 is 11.8 Å². The summed E-state index contributed by atoms with van der Waals surface area (Å²) in [6, 6.07) is 12.7. The molecular formula is C16H17F2NS. The van der Waals surface area contributed by atoms with Crippen molar-refractivity contribution in [3.8, 4) is 0 Å². The van der Waals surface area contributed by atoms with Crippen LogP contribution in [-0.4, -0.2) is 6.04 Å². The average molecular weight is 293 g/mol. The number of rotatable bonds is 5. The molecule has 0 aliphatic rings. The molecule has 0 fully saturated rings. The van der Waals surface area contributed by atoms with Gasteiger partial charge in [-0.25, -0.2) is 8.78 Å². The zero-order chi connectivity index (χ0) is 14.5. The molecule has 0 aromatic heterocycles. The van der Waals surface area contributed by atoms with E-state index in [-0.39, 0.29) is 22.9 Å². The van der Waals surface area contributed by atoms with Crippen LogP contribution < -0.4 is 5.73 Å². The molecule has 2 aromatic carbocycles. The molecule has 0 saturated carbocycles. The van der Waals surface area contributed by atoms with E-state index in [1.165, 1.54) is 24.3 Å². The molecule has 0 aliphatic carbocycles. The predicted molar refractivity (Wildman–Crippen MR) is 79.7 cm³/mol. The second-order valence-electron chi connectivity index (χ2n) is 4.62. The molecule has 1 nitrogen and oxygen atoms in total. The molecule has 0 amide bonds. The fraction of sp³-hybridized carbons (Fsp3) is 0.250. The summed E-state index contributed by atoms with van der Waals surface area (Å²) in [5.41, 5.74) is 7.16. The Labute approximate surface area is 122 Å². The van der Waals surface area contributed by atoms with Gasteiger partial charge in [-0.1, -0.05) is 19.1 Å². The molecule has 4 heteroatoms. The Kier molecular flexibility index (Phi) is 5.15. The van der Waals surface area contributed by atoms with Crippen LogP contribution >= 0.6 is 11.8 Å². The minimum absolute atomic E-state index is 0.0195. The maximum absolute atomic E-state index is 13.0. The molecule has 20 heavy (non-hydrogen) atoms. The zero-order valence-electron chi connectivity index (χ0n) is 11.2. The lowest BCUT2D eigenvalue weighted by Crippen LogP contribution is -2.25. The van der Waals surface area contributed by atoms with Crippen LogP contribution in [0.25, 0.3) is 0 Å². The quantitative estimate of drug-likeness (QED) is 0.819. The lowest BCUT2D eigenvalue weighted by atomic mass is 10.0. The summed E-state index contributed by atoms with van der Waals surface area (Å²) in [5.74, 6) is -0.517. The van der Waals surface area contributed by atoms with E-state index in [0.29, 0.717) is 0 Å². The van der Waals surface area contributed by atoms with Gasteiger partial charge in [0.2, 0.25) is 0 Å². The Morgan fingerprint density at radius 2 is 1.45 bits per heavy atom. The highest BCUT2D eigenvalue weighted by Crippen LogP contribution is 2.38. The van der Waals surface area contributed by atoms with Gasteiger partial charge in [0.25, 0.3) is 0 Å². The van der Waals surface area contributed by atoms with E-state index in [1.54, 1.807) is 36.0 Å². The van der Waals surface area contributed by atoms with Crippen molar-refractivity contribution in [2.75, 3.05) is 0 Å². The molecule has 0 bridgehead atoms. The first-order chi connectivity index (χ1) is 9.60. The van der Waals surface area contributed by atoms with Crippen LogP contribution in [0.2, 0.25) is 0 Å². The van der Waals surface area contributed by atoms with Gasteiger partial charge in [-0.15, -0.1) is 11.8 Å². The topological polar surface area (TPSA) is 26.0 Å². The molecule has 2 unspecified atom stereocenters. The Morgan fingerprint density at radius 3 is 1.95 bits per heavy atom. The van der Waals surface area contributed by atoms with Gasteiger partial charge in [0.15, 0.2) is 0 Å². The maximum atomic E-state index is 13.0. The Balaban J connectivity index is 2.23. The minimum Gasteiger partial charge on any atom is -0.326 e. The third kappa shape index (κ3) is 3.81. The van der Waals surface area contributed by atoms with Crippen LogP contribution in [0.5, 0.6) is 0 Å². The van der Waals surface area contributed by atoms with Crippen LogP contribution in [0.4, 0.5) is 8.78 Å². The van der Waals surface area contributed by atoms with Gasteiger partial charge in [0.1, 0.15) is 11.6 Å².